The lowest BCUT2D eigenvalue weighted by Crippen LogP contribution is -2.01. The first-order valence-electron chi connectivity index (χ1n) is 7.57. The molecule has 122 valence electrons. The maximum atomic E-state index is 6.32. The van der Waals surface area contributed by atoms with Gasteiger partial charge >= 0.3 is 0 Å². The number of thioether (sulfide) groups is 1. The van der Waals surface area contributed by atoms with Gasteiger partial charge in [-0.3, -0.25) is 0 Å². The molecule has 2 N–H and O–H groups in total. The first kappa shape index (κ1) is 17.9. The van der Waals surface area contributed by atoms with Gasteiger partial charge in [-0.25, -0.2) is 0 Å². The molecule has 0 unspecified atom stereocenters. The molecule has 0 fully saturated rings. The van der Waals surface area contributed by atoms with Crippen molar-refractivity contribution in [3.8, 4) is 5.75 Å². The SMILES string of the molecule is COc1ccc(C=Cc2c(Cl)cccc2SC)cc1CCCN. The zero-order valence-electron chi connectivity index (χ0n) is 13.5. The van der Waals surface area contributed by atoms with Crippen molar-refractivity contribution in [1.29, 1.82) is 0 Å². The predicted octanol–water partition coefficient (Wildman–Crippen LogP) is 5.13. The number of rotatable bonds is 7. The second kappa shape index (κ2) is 9.02. The van der Waals surface area contributed by atoms with Crippen LogP contribution in [0.3, 0.4) is 0 Å². The number of ether oxygens (including phenoxy) is 1. The second-order valence-electron chi connectivity index (χ2n) is 5.15. The monoisotopic (exact) mass is 347 g/mol. The van der Waals surface area contributed by atoms with E-state index in [-0.39, 0.29) is 0 Å². The van der Waals surface area contributed by atoms with E-state index in [9.17, 15) is 0 Å². The summed E-state index contributed by atoms with van der Waals surface area (Å²) in [6.07, 6.45) is 8.09. The van der Waals surface area contributed by atoms with Gasteiger partial charge in [0, 0.05) is 15.5 Å². The van der Waals surface area contributed by atoms with E-state index < -0.39 is 0 Å². The minimum Gasteiger partial charge on any atom is -0.496 e. The molecule has 2 aromatic rings. The Balaban J connectivity index is 2.29. The first-order chi connectivity index (χ1) is 11.2. The summed E-state index contributed by atoms with van der Waals surface area (Å²) in [4.78, 5) is 1.17. The van der Waals surface area contributed by atoms with Crippen molar-refractivity contribution in [2.75, 3.05) is 19.9 Å². The van der Waals surface area contributed by atoms with Crippen LogP contribution >= 0.6 is 23.4 Å². The summed E-state index contributed by atoms with van der Waals surface area (Å²) in [6.45, 7) is 0.680. The molecule has 0 amide bonds. The van der Waals surface area contributed by atoms with Crippen molar-refractivity contribution < 1.29 is 4.74 Å². The molecule has 2 aromatic carbocycles. The van der Waals surface area contributed by atoms with Crippen molar-refractivity contribution in [1.82, 2.24) is 0 Å². The fourth-order valence-electron chi connectivity index (χ4n) is 2.43. The van der Waals surface area contributed by atoms with Crippen molar-refractivity contribution in [3.05, 3.63) is 58.1 Å². The van der Waals surface area contributed by atoms with Gasteiger partial charge in [0.2, 0.25) is 0 Å². The molecule has 0 bridgehead atoms. The number of halogens is 1. The van der Waals surface area contributed by atoms with Gasteiger partial charge < -0.3 is 10.5 Å². The normalized spacial score (nSPS) is 11.1. The third-order valence-corrected chi connectivity index (χ3v) is 4.76. The van der Waals surface area contributed by atoms with E-state index in [1.165, 1.54) is 10.5 Å². The molecule has 0 aromatic heterocycles. The van der Waals surface area contributed by atoms with Crippen molar-refractivity contribution in [3.63, 3.8) is 0 Å². The van der Waals surface area contributed by atoms with Crippen molar-refractivity contribution in [2.24, 2.45) is 5.73 Å². The van der Waals surface area contributed by atoms with E-state index in [4.69, 9.17) is 22.1 Å². The smallest absolute Gasteiger partial charge is 0.122 e. The molecule has 0 radical (unpaired) electrons. The fraction of sp³-hybridized carbons (Fsp3) is 0.263. The van der Waals surface area contributed by atoms with Crippen LogP contribution in [0.25, 0.3) is 12.2 Å². The van der Waals surface area contributed by atoms with Crippen LogP contribution in [-0.2, 0) is 6.42 Å². The molecule has 0 aliphatic heterocycles. The Kier molecular flexibility index (Phi) is 7.03. The standard InChI is InChI=1S/C19H22ClNOS/c1-22-18-11-9-14(13-15(18)5-4-12-21)8-10-16-17(20)6-3-7-19(16)23-2/h3,6-11,13H,4-5,12,21H2,1-2H3. The Morgan fingerprint density at radius 2 is 2.04 bits per heavy atom. The van der Waals surface area contributed by atoms with Crippen LogP contribution < -0.4 is 10.5 Å². The molecular weight excluding hydrogens is 326 g/mol. The summed E-state index contributed by atoms with van der Waals surface area (Å²) in [7, 11) is 1.70. The second-order valence-corrected chi connectivity index (χ2v) is 6.41. The summed E-state index contributed by atoms with van der Waals surface area (Å²) in [5.41, 5.74) is 8.99. The predicted molar refractivity (Wildman–Crippen MR) is 103 cm³/mol. The molecule has 0 saturated heterocycles. The number of hydrogen-bond donors (Lipinski definition) is 1. The quantitative estimate of drug-likeness (QED) is 0.557. The van der Waals surface area contributed by atoms with Crippen LogP contribution in [0.4, 0.5) is 0 Å². The van der Waals surface area contributed by atoms with Crippen molar-refractivity contribution >= 4 is 35.5 Å². The van der Waals surface area contributed by atoms with Crippen LogP contribution in [0.15, 0.2) is 41.3 Å². The summed E-state index contributed by atoms with van der Waals surface area (Å²) in [5, 5.41) is 0.768. The highest BCUT2D eigenvalue weighted by molar-refractivity contribution is 7.98. The average Bonchev–Trinajstić information content (AvgIpc) is 2.58. The average molecular weight is 348 g/mol. The highest BCUT2D eigenvalue weighted by Crippen LogP contribution is 2.29. The minimum atomic E-state index is 0.680. The molecule has 0 spiro atoms. The Bertz CT molecular complexity index is 685. The van der Waals surface area contributed by atoms with E-state index in [2.05, 4.69) is 36.6 Å². The molecule has 0 aliphatic carbocycles. The highest BCUT2D eigenvalue weighted by Gasteiger charge is 2.05. The summed E-state index contributed by atoms with van der Waals surface area (Å²) in [5.74, 6) is 0.915. The van der Waals surface area contributed by atoms with E-state index in [0.717, 1.165) is 34.7 Å². The van der Waals surface area contributed by atoms with Gasteiger partial charge in [-0.05, 0) is 61.0 Å². The van der Waals surface area contributed by atoms with Gasteiger partial charge in [0.25, 0.3) is 0 Å². The molecule has 4 heteroatoms. The Hall–Kier alpha value is -1.42. The molecule has 0 saturated carbocycles. The maximum absolute atomic E-state index is 6.32. The van der Waals surface area contributed by atoms with E-state index in [0.29, 0.717) is 6.54 Å². The third kappa shape index (κ3) is 4.77. The lowest BCUT2D eigenvalue weighted by atomic mass is 10.0. The molecule has 23 heavy (non-hydrogen) atoms. The molecule has 2 nitrogen and oxygen atoms in total. The van der Waals surface area contributed by atoms with Crippen LogP contribution in [0.2, 0.25) is 5.02 Å². The van der Waals surface area contributed by atoms with Gasteiger partial charge in [-0.2, -0.15) is 0 Å². The van der Waals surface area contributed by atoms with E-state index in [1.54, 1.807) is 18.9 Å². The third-order valence-electron chi connectivity index (χ3n) is 3.63. The number of benzene rings is 2. The van der Waals surface area contributed by atoms with Gasteiger partial charge in [-0.1, -0.05) is 35.9 Å². The molecular formula is C19H22ClNOS. The van der Waals surface area contributed by atoms with E-state index in [1.807, 2.05) is 18.2 Å². The lowest BCUT2D eigenvalue weighted by molar-refractivity contribution is 0.409. The Morgan fingerprint density at radius 3 is 2.74 bits per heavy atom. The maximum Gasteiger partial charge on any atom is 0.122 e. The van der Waals surface area contributed by atoms with Gasteiger partial charge in [-0.15, -0.1) is 11.8 Å². The Morgan fingerprint density at radius 1 is 1.22 bits per heavy atom. The largest absolute Gasteiger partial charge is 0.496 e. The summed E-state index contributed by atoms with van der Waals surface area (Å²) >= 11 is 8.02. The van der Waals surface area contributed by atoms with Crippen LogP contribution in [0.5, 0.6) is 5.75 Å². The number of aryl methyl sites for hydroxylation is 1. The first-order valence-corrected chi connectivity index (χ1v) is 9.17. The topological polar surface area (TPSA) is 35.2 Å². The van der Waals surface area contributed by atoms with Gasteiger partial charge in [0.05, 0.1) is 7.11 Å². The van der Waals surface area contributed by atoms with E-state index >= 15 is 0 Å². The van der Waals surface area contributed by atoms with Crippen LogP contribution in [0, 0.1) is 0 Å². The number of nitrogens with two attached hydrogens (primary N) is 1. The minimum absolute atomic E-state index is 0.680. The highest BCUT2D eigenvalue weighted by atomic mass is 35.5. The lowest BCUT2D eigenvalue weighted by Gasteiger charge is -2.09. The fourth-order valence-corrected chi connectivity index (χ4v) is 3.33. The van der Waals surface area contributed by atoms with Gasteiger partial charge in [0.1, 0.15) is 5.75 Å². The van der Waals surface area contributed by atoms with Crippen LogP contribution in [-0.4, -0.2) is 19.9 Å². The molecule has 2 rings (SSSR count). The molecule has 0 atom stereocenters. The zero-order chi connectivity index (χ0) is 16.7. The van der Waals surface area contributed by atoms with Gasteiger partial charge in [0.15, 0.2) is 0 Å². The zero-order valence-corrected chi connectivity index (χ0v) is 15.1. The summed E-state index contributed by atoms with van der Waals surface area (Å²) < 4.78 is 5.43. The molecule has 0 heterocycles. The summed E-state index contributed by atoms with van der Waals surface area (Å²) in [6, 6.07) is 12.2. The number of methoxy groups -OCH3 is 1. The van der Waals surface area contributed by atoms with Crippen molar-refractivity contribution in [2.45, 2.75) is 17.7 Å². The van der Waals surface area contributed by atoms with Crippen LogP contribution in [0.1, 0.15) is 23.1 Å². The Labute approximate surface area is 147 Å². The number of hydrogen-bond acceptors (Lipinski definition) is 3. The molecule has 0 aliphatic rings.